The first-order valence-corrected chi connectivity index (χ1v) is 5.54. The van der Waals surface area contributed by atoms with Crippen LogP contribution < -0.4 is 0 Å². The minimum atomic E-state index is -1.97. The molecule has 0 radical (unpaired) electrons. The molecule has 0 heterocycles. The van der Waals surface area contributed by atoms with Crippen LogP contribution in [-0.2, 0) is 15.1 Å². The number of benzene rings is 1. The Morgan fingerprint density at radius 2 is 2.00 bits per heavy atom. The highest BCUT2D eigenvalue weighted by Gasteiger charge is 2.37. The van der Waals surface area contributed by atoms with Crippen LogP contribution in [0.25, 0.3) is 0 Å². The quantitative estimate of drug-likeness (QED) is 0.645. The highest BCUT2D eigenvalue weighted by atomic mass is 16.5. The van der Waals surface area contributed by atoms with Crippen LogP contribution >= 0.6 is 0 Å². The van der Waals surface area contributed by atoms with Crippen LogP contribution in [0.4, 0.5) is 0 Å². The van der Waals surface area contributed by atoms with Gasteiger partial charge in [-0.3, -0.25) is 0 Å². The molecule has 0 fully saturated rings. The van der Waals surface area contributed by atoms with Crippen molar-refractivity contribution in [3.8, 4) is 23.7 Å². The van der Waals surface area contributed by atoms with Crippen molar-refractivity contribution in [3.05, 3.63) is 35.9 Å². The summed E-state index contributed by atoms with van der Waals surface area (Å²) in [6.45, 7) is 3.47. The number of carbonyl (C=O) groups is 1. The standard InChI is InChI=1S/C15H14O3/c1-3-5-9-12-15(17,14(16)18-4-2)13-10-7-6-8-11-13/h6-8,10-11,17H,4H2,1-2H3. The van der Waals surface area contributed by atoms with Gasteiger partial charge in [0.2, 0.25) is 0 Å². The van der Waals surface area contributed by atoms with Crippen LogP contribution in [0.15, 0.2) is 30.3 Å². The van der Waals surface area contributed by atoms with E-state index >= 15 is 0 Å². The third kappa shape index (κ3) is 3.13. The summed E-state index contributed by atoms with van der Waals surface area (Å²) in [5, 5.41) is 10.4. The van der Waals surface area contributed by atoms with E-state index in [0.717, 1.165) is 0 Å². The predicted molar refractivity (Wildman–Crippen MR) is 68.2 cm³/mol. The minimum absolute atomic E-state index is 0.176. The van der Waals surface area contributed by atoms with E-state index in [1.54, 1.807) is 44.2 Å². The number of esters is 1. The number of hydrogen-bond acceptors (Lipinski definition) is 3. The third-order valence-corrected chi connectivity index (χ3v) is 2.19. The highest BCUT2D eigenvalue weighted by Crippen LogP contribution is 2.21. The summed E-state index contributed by atoms with van der Waals surface area (Å²) in [6, 6.07) is 8.45. The van der Waals surface area contributed by atoms with Crippen LogP contribution in [0.5, 0.6) is 0 Å². The first kappa shape index (κ1) is 13.8. The van der Waals surface area contributed by atoms with Gasteiger partial charge >= 0.3 is 5.97 Å². The lowest BCUT2D eigenvalue weighted by Gasteiger charge is -2.20. The van der Waals surface area contributed by atoms with Crippen molar-refractivity contribution >= 4 is 5.97 Å². The zero-order valence-corrected chi connectivity index (χ0v) is 10.4. The van der Waals surface area contributed by atoms with E-state index in [1.165, 1.54) is 0 Å². The third-order valence-electron chi connectivity index (χ3n) is 2.19. The van der Waals surface area contributed by atoms with Gasteiger partial charge in [-0.2, -0.15) is 0 Å². The van der Waals surface area contributed by atoms with Gasteiger partial charge < -0.3 is 9.84 Å². The molecule has 1 aromatic rings. The van der Waals surface area contributed by atoms with E-state index in [2.05, 4.69) is 23.7 Å². The van der Waals surface area contributed by atoms with Crippen molar-refractivity contribution in [1.29, 1.82) is 0 Å². The summed E-state index contributed by atoms with van der Waals surface area (Å²) in [5.74, 6) is 9.18. The Morgan fingerprint density at radius 3 is 2.56 bits per heavy atom. The van der Waals surface area contributed by atoms with Crippen molar-refractivity contribution in [3.63, 3.8) is 0 Å². The second-order valence-electron chi connectivity index (χ2n) is 3.42. The van der Waals surface area contributed by atoms with Crippen molar-refractivity contribution in [2.75, 3.05) is 6.61 Å². The number of hydrogen-bond donors (Lipinski definition) is 1. The molecule has 0 saturated heterocycles. The number of rotatable bonds is 3. The molecule has 0 aromatic heterocycles. The van der Waals surface area contributed by atoms with Gasteiger partial charge in [-0.25, -0.2) is 4.79 Å². The van der Waals surface area contributed by atoms with Crippen LogP contribution in [0.2, 0.25) is 0 Å². The van der Waals surface area contributed by atoms with Gasteiger partial charge in [-0.05, 0) is 31.6 Å². The molecule has 1 rings (SSSR count). The molecule has 0 aliphatic carbocycles. The average Bonchev–Trinajstić information content (AvgIpc) is 2.40. The monoisotopic (exact) mass is 242 g/mol. The molecule has 18 heavy (non-hydrogen) atoms. The van der Waals surface area contributed by atoms with Gasteiger partial charge in [0.05, 0.1) is 6.61 Å². The van der Waals surface area contributed by atoms with E-state index in [4.69, 9.17) is 4.74 Å². The fourth-order valence-electron chi connectivity index (χ4n) is 1.34. The molecule has 1 atom stereocenters. The Kier molecular flexibility index (Phi) is 4.99. The Labute approximate surface area is 107 Å². The summed E-state index contributed by atoms with van der Waals surface area (Å²) >= 11 is 0. The molecule has 92 valence electrons. The molecule has 1 aromatic carbocycles. The maximum Gasteiger partial charge on any atom is 0.355 e. The van der Waals surface area contributed by atoms with Gasteiger partial charge in [-0.1, -0.05) is 36.3 Å². The van der Waals surface area contributed by atoms with Gasteiger partial charge in [0.15, 0.2) is 0 Å². The summed E-state index contributed by atoms with van der Waals surface area (Å²) in [7, 11) is 0. The van der Waals surface area contributed by atoms with Crippen molar-refractivity contribution in [2.45, 2.75) is 19.4 Å². The number of ether oxygens (including phenoxy) is 1. The molecule has 3 heteroatoms. The molecule has 0 bridgehead atoms. The summed E-state index contributed by atoms with van der Waals surface area (Å²) < 4.78 is 4.85. The van der Waals surface area contributed by atoms with Crippen molar-refractivity contribution < 1.29 is 14.6 Å². The second kappa shape index (κ2) is 6.49. The van der Waals surface area contributed by atoms with E-state index in [0.29, 0.717) is 5.56 Å². The van der Waals surface area contributed by atoms with E-state index in [-0.39, 0.29) is 6.61 Å². The highest BCUT2D eigenvalue weighted by molar-refractivity contribution is 5.85. The van der Waals surface area contributed by atoms with Gasteiger partial charge in [0.1, 0.15) is 0 Å². The SMILES string of the molecule is CC#CC#CC(O)(C(=O)OCC)c1ccccc1. The van der Waals surface area contributed by atoms with Crippen LogP contribution in [0.1, 0.15) is 19.4 Å². The zero-order chi connectivity index (χ0) is 13.4. The lowest BCUT2D eigenvalue weighted by molar-refractivity contribution is -0.159. The zero-order valence-electron chi connectivity index (χ0n) is 10.4. The minimum Gasteiger partial charge on any atom is -0.463 e. The Balaban J connectivity index is 3.21. The summed E-state index contributed by atoms with van der Waals surface area (Å²) in [4.78, 5) is 11.8. The van der Waals surface area contributed by atoms with Crippen LogP contribution in [0, 0.1) is 23.7 Å². The molecular weight excluding hydrogens is 228 g/mol. The second-order valence-corrected chi connectivity index (χ2v) is 3.42. The van der Waals surface area contributed by atoms with E-state index in [9.17, 15) is 9.90 Å². The fraction of sp³-hybridized carbons (Fsp3) is 0.267. The Hall–Kier alpha value is -2.23. The smallest absolute Gasteiger partial charge is 0.355 e. The Bertz CT molecular complexity index is 526. The molecular formula is C15H14O3. The molecule has 0 saturated carbocycles. The molecule has 0 aliphatic rings. The molecule has 3 nitrogen and oxygen atoms in total. The number of carbonyl (C=O) groups excluding carboxylic acids is 1. The maximum absolute atomic E-state index is 11.8. The van der Waals surface area contributed by atoms with Gasteiger partial charge in [-0.15, -0.1) is 0 Å². The van der Waals surface area contributed by atoms with Gasteiger partial charge in [0.25, 0.3) is 5.60 Å². The molecule has 0 aliphatic heterocycles. The van der Waals surface area contributed by atoms with E-state index in [1.807, 2.05) is 0 Å². The summed E-state index contributed by atoms with van der Waals surface area (Å²) in [6.07, 6.45) is 0. The first-order chi connectivity index (χ1) is 8.65. The largest absolute Gasteiger partial charge is 0.463 e. The maximum atomic E-state index is 11.8. The van der Waals surface area contributed by atoms with Crippen molar-refractivity contribution in [2.24, 2.45) is 0 Å². The lowest BCUT2D eigenvalue weighted by atomic mass is 9.94. The lowest BCUT2D eigenvalue weighted by Crippen LogP contribution is -2.36. The first-order valence-electron chi connectivity index (χ1n) is 5.54. The van der Waals surface area contributed by atoms with E-state index < -0.39 is 11.6 Å². The summed E-state index contributed by atoms with van der Waals surface area (Å²) in [5.41, 5.74) is -1.60. The van der Waals surface area contributed by atoms with Crippen LogP contribution in [0.3, 0.4) is 0 Å². The van der Waals surface area contributed by atoms with Crippen molar-refractivity contribution in [1.82, 2.24) is 0 Å². The predicted octanol–water partition coefficient (Wildman–Crippen LogP) is 1.46. The van der Waals surface area contributed by atoms with Gasteiger partial charge in [0, 0.05) is 5.56 Å². The number of aliphatic hydroxyl groups is 1. The average molecular weight is 242 g/mol. The normalized spacial score (nSPS) is 12.2. The fourth-order valence-corrected chi connectivity index (χ4v) is 1.34. The molecule has 1 N–H and O–H groups in total. The van der Waals surface area contributed by atoms with Crippen LogP contribution in [-0.4, -0.2) is 17.7 Å². The topological polar surface area (TPSA) is 46.5 Å². The molecule has 1 unspecified atom stereocenters. The molecule has 0 amide bonds. The Morgan fingerprint density at radius 1 is 1.33 bits per heavy atom. The molecule has 0 spiro atoms.